The second-order valence-electron chi connectivity index (χ2n) is 3.53. The van der Waals surface area contributed by atoms with Gasteiger partial charge in [-0.15, -0.1) is 0 Å². The molecule has 0 aliphatic carbocycles. The van der Waals surface area contributed by atoms with Gasteiger partial charge in [0, 0.05) is 20.2 Å². The van der Waals surface area contributed by atoms with Crippen molar-refractivity contribution in [1.29, 1.82) is 0 Å². The van der Waals surface area contributed by atoms with Gasteiger partial charge in [-0.05, 0) is 6.42 Å². The van der Waals surface area contributed by atoms with Crippen molar-refractivity contribution < 1.29 is 4.74 Å². The minimum Gasteiger partial charge on any atom is -0.380 e. The molecule has 1 aromatic rings. The van der Waals surface area contributed by atoms with Gasteiger partial charge in [0.25, 0.3) is 0 Å². The van der Waals surface area contributed by atoms with Crippen LogP contribution >= 0.6 is 11.6 Å². The van der Waals surface area contributed by atoms with Crippen LogP contribution in [0.4, 0.5) is 11.8 Å². The molecule has 6 heteroatoms. The Morgan fingerprint density at radius 2 is 2.24 bits per heavy atom. The third-order valence-electron chi connectivity index (χ3n) is 2.15. The van der Waals surface area contributed by atoms with Crippen molar-refractivity contribution in [2.24, 2.45) is 0 Å². The van der Waals surface area contributed by atoms with Crippen LogP contribution in [-0.2, 0) is 4.74 Å². The van der Waals surface area contributed by atoms with Gasteiger partial charge in [-0.3, -0.25) is 0 Å². The van der Waals surface area contributed by atoms with E-state index in [9.17, 15) is 0 Å². The second kappa shape index (κ2) is 8.08. The maximum Gasteiger partial charge on any atom is 0.224 e. The molecule has 5 nitrogen and oxygen atoms in total. The van der Waals surface area contributed by atoms with E-state index in [1.807, 2.05) is 0 Å². The zero-order valence-electron chi connectivity index (χ0n) is 10.3. The van der Waals surface area contributed by atoms with Crippen molar-refractivity contribution in [3.63, 3.8) is 0 Å². The second-order valence-corrected chi connectivity index (χ2v) is 3.94. The van der Waals surface area contributed by atoms with Crippen LogP contribution in [0, 0.1) is 0 Å². The summed E-state index contributed by atoms with van der Waals surface area (Å²) in [6.07, 6.45) is 3.82. The van der Waals surface area contributed by atoms with E-state index in [1.165, 1.54) is 0 Å². The van der Waals surface area contributed by atoms with Gasteiger partial charge in [-0.25, -0.2) is 4.98 Å². The highest BCUT2D eigenvalue weighted by Gasteiger charge is 2.03. The number of halogens is 1. The summed E-state index contributed by atoms with van der Waals surface area (Å²) in [5.41, 5.74) is 0. The van der Waals surface area contributed by atoms with E-state index >= 15 is 0 Å². The van der Waals surface area contributed by atoms with Gasteiger partial charge in [0.2, 0.25) is 5.95 Å². The Balaban J connectivity index is 2.30. The molecule has 0 spiro atoms. The molecule has 0 fully saturated rings. The van der Waals surface area contributed by atoms with E-state index in [4.69, 9.17) is 16.3 Å². The molecular formula is C11H19ClN4O. The third kappa shape index (κ3) is 5.19. The number of hydrogen-bond acceptors (Lipinski definition) is 5. The number of hydrogen-bond donors (Lipinski definition) is 2. The number of rotatable bonds is 8. The maximum atomic E-state index is 5.96. The van der Waals surface area contributed by atoms with E-state index in [1.54, 1.807) is 13.2 Å². The van der Waals surface area contributed by atoms with Gasteiger partial charge < -0.3 is 15.4 Å². The maximum absolute atomic E-state index is 5.96. The standard InChI is InChI=1S/C11H19ClN4O/c1-3-4-6-17-7-5-14-10-9(12)8-15-11(13-2)16-10/h8H,3-7H2,1-2H3,(H2,13,14,15,16). The molecule has 0 aliphatic rings. The van der Waals surface area contributed by atoms with Crippen LogP contribution in [0.2, 0.25) is 5.02 Å². The molecule has 0 amide bonds. The first-order chi connectivity index (χ1) is 8.27. The Bertz CT molecular complexity index is 335. The summed E-state index contributed by atoms with van der Waals surface area (Å²) in [6, 6.07) is 0. The number of ether oxygens (including phenoxy) is 1. The van der Waals surface area contributed by atoms with Gasteiger partial charge in [0.15, 0.2) is 5.82 Å². The molecule has 1 heterocycles. The van der Waals surface area contributed by atoms with E-state index in [0.29, 0.717) is 29.9 Å². The van der Waals surface area contributed by atoms with Crippen molar-refractivity contribution in [2.75, 3.05) is 37.4 Å². The Morgan fingerprint density at radius 1 is 1.41 bits per heavy atom. The minimum atomic E-state index is 0.512. The van der Waals surface area contributed by atoms with Gasteiger partial charge in [-0.2, -0.15) is 4.98 Å². The summed E-state index contributed by atoms with van der Waals surface area (Å²) in [7, 11) is 1.76. The van der Waals surface area contributed by atoms with Crippen LogP contribution in [-0.4, -0.2) is 36.8 Å². The predicted octanol–water partition coefficient (Wildman–Crippen LogP) is 2.40. The topological polar surface area (TPSA) is 59.1 Å². The fourth-order valence-electron chi connectivity index (χ4n) is 1.20. The SMILES string of the molecule is CCCCOCCNc1nc(NC)ncc1Cl. The van der Waals surface area contributed by atoms with Crippen molar-refractivity contribution in [3.05, 3.63) is 11.2 Å². The lowest BCUT2D eigenvalue weighted by Gasteiger charge is -2.08. The lowest BCUT2D eigenvalue weighted by Crippen LogP contribution is -2.12. The highest BCUT2D eigenvalue weighted by Crippen LogP contribution is 2.18. The smallest absolute Gasteiger partial charge is 0.224 e. The number of anilines is 2. The summed E-state index contributed by atoms with van der Waals surface area (Å²) >= 11 is 5.96. The Morgan fingerprint density at radius 3 is 2.94 bits per heavy atom. The molecule has 1 aromatic heterocycles. The fourth-order valence-corrected chi connectivity index (χ4v) is 1.36. The lowest BCUT2D eigenvalue weighted by atomic mass is 10.4. The predicted molar refractivity (Wildman–Crippen MR) is 70.8 cm³/mol. The highest BCUT2D eigenvalue weighted by molar-refractivity contribution is 6.32. The van der Waals surface area contributed by atoms with Crippen molar-refractivity contribution in [3.8, 4) is 0 Å². The van der Waals surface area contributed by atoms with Crippen LogP contribution in [0.1, 0.15) is 19.8 Å². The van der Waals surface area contributed by atoms with Gasteiger partial charge >= 0.3 is 0 Å². The molecule has 0 unspecified atom stereocenters. The van der Waals surface area contributed by atoms with Crippen molar-refractivity contribution in [1.82, 2.24) is 9.97 Å². The number of nitrogens with zero attached hydrogens (tertiary/aromatic N) is 2. The van der Waals surface area contributed by atoms with E-state index in [0.717, 1.165) is 19.4 Å². The molecule has 0 saturated heterocycles. The van der Waals surface area contributed by atoms with Crippen molar-refractivity contribution in [2.45, 2.75) is 19.8 Å². The Labute approximate surface area is 107 Å². The van der Waals surface area contributed by atoms with Crippen LogP contribution in [0.5, 0.6) is 0 Å². The molecule has 0 aromatic carbocycles. The number of nitrogens with one attached hydrogen (secondary N) is 2. The zero-order valence-corrected chi connectivity index (χ0v) is 11.0. The fraction of sp³-hybridized carbons (Fsp3) is 0.636. The molecule has 0 atom stereocenters. The first-order valence-electron chi connectivity index (χ1n) is 5.79. The molecule has 0 radical (unpaired) electrons. The summed E-state index contributed by atoms with van der Waals surface area (Å²) in [4.78, 5) is 8.20. The molecule has 1 rings (SSSR count). The molecule has 0 saturated carbocycles. The molecule has 17 heavy (non-hydrogen) atoms. The number of unbranched alkanes of at least 4 members (excludes halogenated alkanes) is 1. The summed E-state index contributed by atoms with van der Waals surface area (Å²) in [5.74, 6) is 1.17. The van der Waals surface area contributed by atoms with Crippen LogP contribution in [0.15, 0.2) is 6.20 Å². The normalized spacial score (nSPS) is 10.3. The van der Waals surface area contributed by atoms with Crippen molar-refractivity contribution >= 4 is 23.4 Å². The Kier molecular flexibility index (Phi) is 6.65. The molecule has 2 N–H and O–H groups in total. The summed E-state index contributed by atoms with van der Waals surface area (Å²) in [5, 5.41) is 6.49. The van der Waals surface area contributed by atoms with Gasteiger partial charge in [0.1, 0.15) is 5.02 Å². The lowest BCUT2D eigenvalue weighted by molar-refractivity contribution is 0.141. The monoisotopic (exact) mass is 258 g/mol. The largest absolute Gasteiger partial charge is 0.380 e. The first kappa shape index (κ1) is 14.0. The minimum absolute atomic E-state index is 0.512. The average molecular weight is 259 g/mol. The molecule has 96 valence electrons. The van der Waals surface area contributed by atoms with E-state index in [-0.39, 0.29) is 0 Å². The molecule has 0 aliphatic heterocycles. The molecule has 0 bridgehead atoms. The van der Waals surface area contributed by atoms with Gasteiger partial charge in [-0.1, -0.05) is 24.9 Å². The number of aromatic nitrogens is 2. The van der Waals surface area contributed by atoms with Crippen LogP contribution in [0.3, 0.4) is 0 Å². The van der Waals surface area contributed by atoms with Gasteiger partial charge in [0.05, 0.1) is 12.8 Å². The average Bonchev–Trinajstić information content (AvgIpc) is 2.35. The Hall–Kier alpha value is -1.07. The van der Waals surface area contributed by atoms with Crippen LogP contribution < -0.4 is 10.6 Å². The first-order valence-corrected chi connectivity index (χ1v) is 6.17. The van der Waals surface area contributed by atoms with Crippen LogP contribution in [0.25, 0.3) is 0 Å². The van der Waals surface area contributed by atoms with E-state index < -0.39 is 0 Å². The summed E-state index contributed by atoms with van der Waals surface area (Å²) in [6.45, 7) is 4.28. The summed E-state index contributed by atoms with van der Waals surface area (Å²) < 4.78 is 5.43. The third-order valence-corrected chi connectivity index (χ3v) is 2.43. The van der Waals surface area contributed by atoms with E-state index in [2.05, 4.69) is 27.5 Å². The zero-order chi connectivity index (χ0) is 12.5. The molecular weight excluding hydrogens is 240 g/mol. The quantitative estimate of drug-likeness (QED) is 0.702. The highest BCUT2D eigenvalue weighted by atomic mass is 35.5.